The summed E-state index contributed by atoms with van der Waals surface area (Å²) in [5.41, 5.74) is 3.39. The Morgan fingerprint density at radius 2 is 1.71 bits per heavy atom. The Kier molecular flexibility index (Phi) is 5.60. The largest absolute Gasteiger partial charge is 0.462 e. The quantitative estimate of drug-likeness (QED) is 0.635. The van der Waals surface area contributed by atoms with E-state index in [-0.39, 0.29) is 11.5 Å². The summed E-state index contributed by atoms with van der Waals surface area (Å²) in [6.45, 7) is 3.82. The van der Waals surface area contributed by atoms with E-state index >= 15 is 0 Å². The third-order valence-electron chi connectivity index (χ3n) is 4.31. The molecule has 0 amide bonds. The number of hydrogen-bond donors (Lipinski definition) is 1. The SMILES string of the molecule is CCOC(=O)c1cc(-c2ccc(Cl)cc2)n(-c2ccc(S(N)(=O)=O)cc2)c1C. The Morgan fingerprint density at radius 3 is 2.25 bits per heavy atom. The summed E-state index contributed by atoms with van der Waals surface area (Å²) in [7, 11) is -3.79. The molecule has 0 aliphatic carbocycles. The fraction of sp³-hybridized carbons (Fsp3) is 0.150. The topological polar surface area (TPSA) is 91.4 Å². The van der Waals surface area contributed by atoms with Crippen LogP contribution in [-0.4, -0.2) is 25.6 Å². The highest BCUT2D eigenvalue weighted by molar-refractivity contribution is 7.89. The summed E-state index contributed by atoms with van der Waals surface area (Å²) in [5.74, 6) is -0.421. The summed E-state index contributed by atoms with van der Waals surface area (Å²) in [6.07, 6.45) is 0. The molecule has 1 heterocycles. The van der Waals surface area contributed by atoms with E-state index in [9.17, 15) is 13.2 Å². The van der Waals surface area contributed by atoms with Crippen molar-refractivity contribution in [3.05, 3.63) is 70.9 Å². The second-order valence-corrected chi connectivity index (χ2v) is 8.13. The molecule has 2 N–H and O–H groups in total. The second-order valence-electron chi connectivity index (χ2n) is 6.13. The zero-order chi connectivity index (χ0) is 20.5. The number of carbonyl (C=O) groups is 1. The van der Waals surface area contributed by atoms with Gasteiger partial charge in [0, 0.05) is 16.4 Å². The summed E-state index contributed by atoms with van der Waals surface area (Å²) in [4.78, 5) is 12.4. The van der Waals surface area contributed by atoms with Crippen LogP contribution in [0.25, 0.3) is 16.9 Å². The first-order chi connectivity index (χ1) is 13.2. The number of rotatable bonds is 5. The van der Waals surface area contributed by atoms with E-state index in [4.69, 9.17) is 21.5 Å². The lowest BCUT2D eigenvalue weighted by molar-refractivity contribution is 0.0525. The zero-order valence-corrected chi connectivity index (χ0v) is 16.9. The van der Waals surface area contributed by atoms with Crippen molar-refractivity contribution in [1.29, 1.82) is 0 Å². The minimum absolute atomic E-state index is 0.0136. The van der Waals surface area contributed by atoms with Gasteiger partial charge in [0.2, 0.25) is 10.0 Å². The number of nitrogens with zero attached hydrogens (tertiary/aromatic N) is 1. The Balaban J connectivity index is 2.20. The maximum atomic E-state index is 12.4. The van der Waals surface area contributed by atoms with Crippen LogP contribution in [0.3, 0.4) is 0 Å². The summed E-state index contributed by atoms with van der Waals surface area (Å²) in [5, 5.41) is 5.78. The molecule has 0 fully saturated rings. The van der Waals surface area contributed by atoms with E-state index < -0.39 is 16.0 Å². The molecule has 146 valence electrons. The summed E-state index contributed by atoms with van der Waals surface area (Å²) < 4.78 is 30.1. The molecule has 2 aromatic carbocycles. The van der Waals surface area contributed by atoms with Gasteiger partial charge >= 0.3 is 5.97 Å². The van der Waals surface area contributed by atoms with Gasteiger partial charge in [-0.1, -0.05) is 23.7 Å². The first-order valence-corrected chi connectivity index (χ1v) is 10.4. The van der Waals surface area contributed by atoms with Gasteiger partial charge < -0.3 is 9.30 Å². The monoisotopic (exact) mass is 418 g/mol. The smallest absolute Gasteiger partial charge is 0.339 e. The molecule has 0 spiro atoms. The molecule has 0 unspecified atom stereocenters. The van der Waals surface area contributed by atoms with Gasteiger partial charge in [0.25, 0.3) is 0 Å². The van der Waals surface area contributed by atoms with Crippen LogP contribution in [0.15, 0.2) is 59.5 Å². The molecular formula is C20H19ClN2O4S. The third kappa shape index (κ3) is 3.96. The molecule has 1 aromatic heterocycles. The number of aromatic nitrogens is 1. The van der Waals surface area contributed by atoms with Gasteiger partial charge in [0.15, 0.2) is 0 Å². The van der Waals surface area contributed by atoms with Gasteiger partial charge in [-0.25, -0.2) is 18.4 Å². The van der Waals surface area contributed by atoms with Crippen molar-refractivity contribution in [1.82, 2.24) is 4.57 Å². The number of benzene rings is 2. The standard InChI is InChI=1S/C20H19ClN2O4S/c1-3-27-20(24)18-12-19(14-4-6-15(21)7-5-14)23(13(18)2)16-8-10-17(11-9-16)28(22,25)26/h4-12H,3H2,1-2H3,(H2,22,25,26). The average Bonchev–Trinajstić information content (AvgIpc) is 2.99. The van der Waals surface area contributed by atoms with Gasteiger partial charge in [0.05, 0.1) is 22.8 Å². The average molecular weight is 419 g/mol. The lowest BCUT2D eigenvalue weighted by Crippen LogP contribution is -2.12. The number of nitrogens with two attached hydrogens (primary N) is 1. The maximum absolute atomic E-state index is 12.4. The predicted molar refractivity (Wildman–Crippen MR) is 108 cm³/mol. The van der Waals surface area contributed by atoms with Crippen molar-refractivity contribution in [2.45, 2.75) is 18.7 Å². The lowest BCUT2D eigenvalue weighted by Gasteiger charge is -2.13. The van der Waals surface area contributed by atoms with Gasteiger partial charge in [-0.2, -0.15) is 0 Å². The van der Waals surface area contributed by atoms with Gasteiger partial charge in [-0.05, 0) is 61.9 Å². The molecule has 0 aliphatic rings. The van der Waals surface area contributed by atoms with Crippen LogP contribution in [0.1, 0.15) is 23.0 Å². The van der Waals surface area contributed by atoms with Gasteiger partial charge in [-0.3, -0.25) is 0 Å². The second kappa shape index (κ2) is 7.79. The molecule has 28 heavy (non-hydrogen) atoms. The molecule has 3 rings (SSSR count). The van der Waals surface area contributed by atoms with E-state index in [0.29, 0.717) is 22.0 Å². The van der Waals surface area contributed by atoms with E-state index in [1.807, 2.05) is 16.7 Å². The van der Waals surface area contributed by atoms with Crippen LogP contribution in [0.4, 0.5) is 0 Å². The van der Waals surface area contributed by atoms with Crippen LogP contribution in [0, 0.1) is 6.92 Å². The number of carbonyl (C=O) groups excluding carboxylic acids is 1. The van der Waals surface area contributed by atoms with Crippen molar-refractivity contribution in [3.8, 4) is 16.9 Å². The van der Waals surface area contributed by atoms with Crippen LogP contribution in [0.5, 0.6) is 0 Å². The Hall–Kier alpha value is -2.61. The number of esters is 1. The molecule has 0 saturated carbocycles. The highest BCUT2D eigenvalue weighted by Crippen LogP contribution is 2.31. The number of ether oxygens (including phenoxy) is 1. The predicted octanol–water partition coefficient (Wildman–Crippen LogP) is 3.93. The van der Waals surface area contributed by atoms with Gasteiger partial charge in [0.1, 0.15) is 0 Å². The molecule has 0 radical (unpaired) electrons. The van der Waals surface area contributed by atoms with E-state index in [1.165, 1.54) is 12.1 Å². The number of hydrogen-bond acceptors (Lipinski definition) is 4. The van der Waals surface area contributed by atoms with Crippen LogP contribution < -0.4 is 5.14 Å². The fourth-order valence-electron chi connectivity index (χ4n) is 2.97. The van der Waals surface area contributed by atoms with Crippen molar-refractivity contribution in [3.63, 3.8) is 0 Å². The van der Waals surface area contributed by atoms with Crippen molar-refractivity contribution < 1.29 is 17.9 Å². The highest BCUT2D eigenvalue weighted by Gasteiger charge is 2.21. The maximum Gasteiger partial charge on any atom is 0.339 e. The molecule has 0 saturated heterocycles. The summed E-state index contributed by atoms with van der Waals surface area (Å²) in [6, 6.07) is 15.1. The Bertz CT molecular complexity index is 1120. The minimum atomic E-state index is -3.79. The molecule has 0 aliphatic heterocycles. The molecular weight excluding hydrogens is 400 g/mol. The molecule has 3 aromatic rings. The lowest BCUT2D eigenvalue weighted by atomic mass is 10.1. The number of halogens is 1. The molecule has 6 nitrogen and oxygen atoms in total. The van der Waals surface area contributed by atoms with Crippen molar-refractivity contribution >= 4 is 27.6 Å². The van der Waals surface area contributed by atoms with Crippen LogP contribution in [-0.2, 0) is 14.8 Å². The summed E-state index contributed by atoms with van der Waals surface area (Å²) >= 11 is 5.99. The Morgan fingerprint density at radius 1 is 1.11 bits per heavy atom. The zero-order valence-electron chi connectivity index (χ0n) is 15.3. The number of sulfonamides is 1. The van der Waals surface area contributed by atoms with Crippen molar-refractivity contribution in [2.75, 3.05) is 6.61 Å². The van der Waals surface area contributed by atoms with E-state index in [1.54, 1.807) is 44.2 Å². The first kappa shape index (κ1) is 20.1. The molecule has 8 heteroatoms. The van der Waals surface area contributed by atoms with Gasteiger partial charge in [-0.15, -0.1) is 0 Å². The minimum Gasteiger partial charge on any atom is -0.462 e. The molecule has 0 bridgehead atoms. The fourth-order valence-corrected chi connectivity index (χ4v) is 3.61. The van der Waals surface area contributed by atoms with Crippen molar-refractivity contribution in [2.24, 2.45) is 5.14 Å². The highest BCUT2D eigenvalue weighted by atomic mass is 35.5. The van der Waals surface area contributed by atoms with Crippen LogP contribution in [0.2, 0.25) is 5.02 Å². The first-order valence-electron chi connectivity index (χ1n) is 8.51. The number of primary sulfonamides is 1. The van der Waals surface area contributed by atoms with E-state index in [2.05, 4.69) is 0 Å². The van der Waals surface area contributed by atoms with E-state index in [0.717, 1.165) is 11.3 Å². The normalized spacial score (nSPS) is 11.4. The molecule has 0 atom stereocenters. The van der Waals surface area contributed by atoms with Crippen LogP contribution >= 0.6 is 11.6 Å². The third-order valence-corrected chi connectivity index (χ3v) is 5.49. The Labute approximate surface area is 168 Å².